The van der Waals surface area contributed by atoms with Crippen molar-refractivity contribution in [3.05, 3.63) is 35.4 Å². The van der Waals surface area contributed by atoms with Gasteiger partial charge in [-0.2, -0.15) is 22.7 Å². The summed E-state index contributed by atoms with van der Waals surface area (Å²) in [6.07, 6.45) is 0. The SMILES string of the molecule is CC(C#N)CN(C)S(=O)(=O)NCc1ccc(C(=O)O)cc1. The predicted octanol–water partition coefficient (Wildman–Crippen LogP) is 0.811. The average Bonchev–Trinajstić information content (AvgIpc) is 2.45. The van der Waals surface area contributed by atoms with Crippen LogP contribution in [0, 0.1) is 17.2 Å². The molecule has 1 rings (SSSR count). The molecule has 0 aliphatic rings. The van der Waals surface area contributed by atoms with Crippen molar-refractivity contribution in [3.63, 3.8) is 0 Å². The molecule has 0 aliphatic heterocycles. The molecule has 0 saturated heterocycles. The number of carboxylic acid groups (broad SMARTS) is 1. The van der Waals surface area contributed by atoms with Gasteiger partial charge >= 0.3 is 5.97 Å². The van der Waals surface area contributed by atoms with E-state index in [0.717, 1.165) is 4.31 Å². The van der Waals surface area contributed by atoms with Gasteiger partial charge in [0, 0.05) is 20.1 Å². The van der Waals surface area contributed by atoms with Crippen LogP contribution in [0.1, 0.15) is 22.8 Å². The van der Waals surface area contributed by atoms with Gasteiger partial charge in [-0.25, -0.2) is 4.79 Å². The molecule has 1 atom stereocenters. The highest BCUT2D eigenvalue weighted by molar-refractivity contribution is 7.87. The lowest BCUT2D eigenvalue weighted by Gasteiger charge is -2.18. The van der Waals surface area contributed by atoms with E-state index in [0.29, 0.717) is 5.56 Å². The first-order valence-electron chi connectivity index (χ1n) is 6.19. The topological polar surface area (TPSA) is 111 Å². The maximum absolute atomic E-state index is 11.9. The highest BCUT2D eigenvalue weighted by Gasteiger charge is 2.19. The number of aromatic carboxylic acids is 1. The van der Waals surface area contributed by atoms with E-state index < -0.39 is 22.1 Å². The van der Waals surface area contributed by atoms with E-state index in [1.165, 1.54) is 19.2 Å². The number of carboxylic acids is 1. The Kier molecular flexibility index (Phi) is 5.84. The van der Waals surface area contributed by atoms with Crippen molar-refractivity contribution in [3.8, 4) is 6.07 Å². The minimum Gasteiger partial charge on any atom is -0.478 e. The molecule has 0 spiro atoms. The lowest BCUT2D eigenvalue weighted by molar-refractivity contribution is 0.0697. The summed E-state index contributed by atoms with van der Waals surface area (Å²) in [4.78, 5) is 10.7. The van der Waals surface area contributed by atoms with E-state index in [9.17, 15) is 13.2 Å². The first-order valence-corrected chi connectivity index (χ1v) is 7.63. The Balaban J connectivity index is 2.65. The molecule has 21 heavy (non-hydrogen) atoms. The molecule has 0 bridgehead atoms. The van der Waals surface area contributed by atoms with Crippen LogP contribution in [0.15, 0.2) is 24.3 Å². The van der Waals surface area contributed by atoms with Crippen LogP contribution in [0.4, 0.5) is 0 Å². The van der Waals surface area contributed by atoms with Crippen LogP contribution in [-0.2, 0) is 16.8 Å². The molecule has 1 aromatic rings. The van der Waals surface area contributed by atoms with E-state index in [-0.39, 0.29) is 18.7 Å². The Labute approximate surface area is 124 Å². The molecule has 0 aromatic heterocycles. The second-order valence-corrected chi connectivity index (χ2v) is 6.50. The first-order chi connectivity index (χ1) is 9.76. The molecular weight excluding hydrogens is 294 g/mol. The highest BCUT2D eigenvalue weighted by Crippen LogP contribution is 2.06. The predicted molar refractivity (Wildman–Crippen MR) is 76.6 cm³/mol. The molecule has 7 nitrogen and oxygen atoms in total. The number of nitrogens with one attached hydrogen (secondary N) is 1. The Morgan fingerprint density at radius 3 is 2.48 bits per heavy atom. The van der Waals surface area contributed by atoms with Crippen molar-refractivity contribution in [1.29, 1.82) is 5.26 Å². The molecule has 0 heterocycles. The van der Waals surface area contributed by atoms with Gasteiger partial charge in [-0.3, -0.25) is 0 Å². The summed E-state index contributed by atoms with van der Waals surface area (Å²) in [5.41, 5.74) is 0.784. The molecule has 2 N–H and O–H groups in total. The number of nitrogens with zero attached hydrogens (tertiary/aromatic N) is 2. The smallest absolute Gasteiger partial charge is 0.335 e. The van der Waals surface area contributed by atoms with Gasteiger partial charge in [-0.05, 0) is 24.6 Å². The monoisotopic (exact) mass is 311 g/mol. The van der Waals surface area contributed by atoms with Gasteiger partial charge in [-0.1, -0.05) is 12.1 Å². The summed E-state index contributed by atoms with van der Waals surface area (Å²) >= 11 is 0. The lowest BCUT2D eigenvalue weighted by atomic mass is 10.1. The standard InChI is InChI=1S/C13H17N3O4S/c1-10(7-14)9-16(2)21(19,20)15-8-11-3-5-12(6-4-11)13(17)18/h3-6,10,15H,8-9H2,1-2H3,(H,17,18). The first kappa shape index (κ1) is 17.1. The van der Waals surface area contributed by atoms with Gasteiger partial charge in [0.25, 0.3) is 10.2 Å². The number of hydrogen-bond acceptors (Lipinski definition) is 4. The van der Waals surface area contributed by atoms with Crippen molar-refractivity contribution in [1.82, 2.24) is 9.03 Å². The average molecular weight is 311 g/mol. The Bertz CT molecular complexity index is 634. The highest BCUT2D eigenvalue weighted by atomic mass is 32.2. The number of carbonyl (C=O) groups is 1. The van der Waals surface area contributed by atoms with Gasteiger partial charge in [0.15, 0.2) is 0 Å². The third-order valence-corrected chi connectivity index (χ3v) is 4.30. The van der Waals surface area contributed by atoms with Gasteiger partial charge in [0.05, 0.1) is 17.6 Å². The maximum atomic E-state index is 11.9. The van der Waals surface area contributed by atoms with Crippen LogP contribution in [-0.4, -0.2) is 37.4 Å². The summed E-state index contributed by atoms with van der Waals surface area (Å²) in [5, 5.41) is 17.5. The maximum Gasteiger partial charge on any atom is 0.335 e. The molecule has 0 amide bonds. The van der Waals surface area contributed by atoms with Gasteiger partial charge in [0.1, 0.15) is 0 Å². The summed E-state index contributed by atoms with van der Waals surface area (Å²) in [6.45, 7) is 1.79. The molecule has 114 valence electrons. The zero-order chi connectivity index (χ0) is 16.0. The van der Waals surface area contributed by atoms with Crippen molar-refractivity contribution in [2.75, 3.05) is 13.6 Å². The van der Waals surface area contributed by atoms with E-state index in [2.05, 4.69) is 4.72 Å². The molecule has 1 unspecified atom stereocenters. The molecule has 0 radical (unpaired) electrons. The minimum absolute atomic E-state index is 0.0491. The van der Waals surface area contributed by atoms with E-state index in [1.54, 1.807) is 19.1 Å². The quantitative estimate of drug-likeness (QED) is 0.774. The van der Waals surface area contributed by atoms with E-state index in [4.69, 9.17) is 10.4 Å². The lowest BCUT2D eigenvalue weighted by Crippen LogP contribution is -2.39. The van der Waals surface area contributed by atoms with E-state index in [1.807, 2.05) is 6.07 Å². The largest absolute Gasteiger partial charge is 0.478 e. The van der Waals surface area contributed by atoms with Crippen LogP contribution in [0.5, 0.6) is 0 Å². The van der Waals surface area contributed by atoms with Crippen LogP contribution in [0.2, 0.25) is 0 Å². The normalized spacial score (nSPS) is 12.9. The van der Waals surface area contributed by atoms with Gasteiger partial charge < -0.3 is 5.11 Å². The summed E-state index contributed by atoms with van der Waals surface area (Å²) in [5.74, 6) is -1.44. The Morgan fingerprint density at radius 2 is 2.00 bits per heavy atom. The molecule has 0 fully saturated rings. The second kappa shape index (κ2) is 7.17. The zero-order valence-electron chi connectivity index (χ0n) is 11.8. The van der Waals surface area contributed by atoms with Crippen molar-refractivity contribution >= 4 is 16.2 Å². The van der Waals surface area contributed by atoms with Crippen LogP contribution in [0.3, 0.4) is 0 Å². The number of hydrogen-bond donors (Lipinski definition) is 2. The third kappa shape index (κ3) is 5.15. The molecule has 0 saturated carbocycles. The molecule has 1 aromatic carbocycles. The van der Waals surface area contributed by atoms with Crippen LogP contribution in [0.25, 0.3) is 0 Å². The fourth-order valence-electron chi connectivity index (χ4n) is 1.57. The van der Waals surface area contributed by atoms with Crippen LogP contribution < -0.4 is 4.72 Å². The molecular formula is C13H17N3O4S. The van der Waals surface area contributed by atoms with Crippen molar-refractivity contribution in [2.24, 2.45) is 5.92 Å². The Hall–Kier alpha value is -1.95. The number of nitriles is 1. The van der Waals surface area contributed by atoms with E-state index >= 15 is 0 Å². The summed E-state index contributed by atoms with van der Waals surface area (Å²) in [6, 6.07) is 7.88. The summed E-state index contributed by atoms with van der Waals surface area (Å²) < 4.78 is 27.4. The van der Waals surface area contributed by atoms with Gasteiger partial charge in [-0.15, -0.1) is 0 Å². The fourth-order valence-corrected chi connectivity index (χ4v) is 2.56. The summed E-state index contributed by atoms with van der Waals surface area (Å²) in [7, 11) is -2.28. The molecule has 0 aliphatic carbocycles. The Morgan fingerprint density at radius 1 is 1.43 bits per heavy atom. The minimum atomic E-state index is -3.67. The van der Waals surface area contributed by atoms with Crippen molar-refractivity contribution in [2.45, 2.75) is 13.5 Å². The fraction of sp³-hybridized carbons (Fsp3) is 0.385. The number of benzene rings is 1. The molecule has 8 heteroatoms. The number of rotatable bonds is 7. The van der Waals surface area contributed by atoms with Crippen molar-refractivity contribution < 1.29 is 18.3 Å². The second-order valence-electron chi connectivity index (χ2n) is 4.64. The van der Waals surface area contributed by atoms with Gasteiger partial charge in [0.2, 0.25) is 0 Å². The van der Waals surface area contributed by atoms with Crippen LogP contribution >= 0.6 is 0 Å². The third-order valence-electron chi connectivity index (χ3n) is 2.82. The zero-order valence-corrected chi connectivity index (χ0v) is 12.6.